The Balaban J connectivity index is 2.47. The van der Waals surface area contributed by atoms with E-state index >= 15 is 0 Å². The number of nitrogens with zero attached hydrogens (tertiary/aromatic N) is 1. The van der Waals surface area contributed by atoms with Crippen molar-refractivity contribution >= 4 is 23.9 Å². The molecule has 2 atom stereocenters. The zero-order valence-electron chi connectivity index (χ0n) is 27.9. The molecular weight excluding hydrogens is 574 g/mol. The molecule has 0 aliphatic rings. The van der Waals surface area contributed by atoms with Gasteiger partial charge in [0.05, 0.1) is 0 Å². The minimum absolute atomic E-state index is 0.0829. The Hall–Kier alpha value is -4.08. The highest BCUT2D eigenvalue weighted by molar-refractivity contribution is 5.93. The normalized spacial score (nSPS) is 12.9. The van der Waals surface area contributed by atoms with E-state index in [0.717, 1.165) is 31.2 Å². The zero-order valence-corrected chi connectivity index (χ0v) is 27.9. The number of phenols is 1. The summed E-state index contributed by atoms with van der Waals surface area (Å²) >= 11 is 0. The van der Waals surface area contributed by atoms with Gasteiger partial charge in [0.2, 0.25) is 11.8 Å². The van der Waals surface area contributed by atoms with Gasteiger partial charge in [-0.25, -0.2) is 9.59 Å². The molecule has 0 heterocycles. The average Bonchev–Trinajstić information content (AvgIpc) is 2.93. The number of nitrogens with one attached hydrogen (secondary N) is 2. The van der Waals surface area contributed by atoms with E-state index in [1.165, 1.54) is 17.0 Å². The minimum atomic E-state index is -1.21. The third-order valence-electron chi connectivity index (χ3n) is 6.64. The summed E-state index contributed by atoms with van der Waals surface area (Å²) in [5, 5.41) is 15.7. The third-order valence-corrected chi connectivity index (χ3v) is 6.64. The number of benzene rings is 2. The molecule has 248 valence electrons. The lowest BCUT2D eigenvalue weighted by Gasteiger charge is -2.33. The van der Waals surface area contributed by atoms with E-state index in [9.17, 15) is 24.3 Å². The molecule has 3 N–H and O–H groups in total. The van der Waals surface area contributed by atoms with Crippen LogP contribution in [0.5, 0.6) is 5.75 Å². The van der Waals surface area contributed by atoms with Gasteiger partial charge >= 0.3 is 12.1 Å². The molecule has 2 aromatic rings. The van der Waals surface area contributed by atoms with Crippen LogP contribution < -0.4 is 10.6 Å². The number of carbonyl (C=O) groups is 4. The fourth-order valence-electron chi connectivity index (χ4n) is 4.68. The van der Waals surface area contributed by atoms with Crippen LogP contribution in [0.25, 0.3) is 0 Å². The number of hydrogen-bond donors (Lipinski definition) is 3. The molecule has 0 fully saturated rings. The van der Waals surface area contributed by atoms with Gasteiger partial charge in [-0.05, 0) is 71.2 Å². The summed E-state index contributed by atoms with van der Waals surface area (Å²) in [4.78, 5) is 55.1. The highest BCUT2D eigenvalue weighted by atomic mass is 16.6. The zero-order chi connectivity index (χ0) is 33.6. The molecule has 2 rings (SSSR count). The molecule has 3 amide bonds. The van der Waals surface area contributed by atoms with Crippen molar-refractivity contribution in [3.8, 4) is 5.75 Å². The smallest absolute Gasteiger partial charge is 0.408 e. The van der Waals surface area contributed by atoms with E-state index < -0.39 is 53.7 Å². The van der Waals surface area contributed by atoms with Crippen LogP contribution in [0, 0.1) is 0 Å². The quantitative estimate of drug-likeness (QED) is 0.168. The predicted octanol–water partition coefficient (Wildman–Crippen LogP) is 5.83. The fraction of sp³-hybridized carbons (Fsp3) is 0.543. The van der Waals surface area contributed by atoms with Crippen LogP contribution in [-0.4, -0.2) is 64.2 Å². The Morgan fingerprint density at radius 2 is 1.49 bits per heavy atom. The SMILES string of the molecule is CCCCCCCN(C(=O)CNC(=O)OC(C)(C)C)C(C(=O)NC(Cc1ccccc1)C(=O)OC(C)(C)C)c1cccc(O)c1. The van der Waals surface area contributed by atoms with Gasteiger partial charge in [-0.2, -0.15) is 0 Å². The molecule has 0 saturated carbocycles. The Labute approximate surface area is 267 Å². The first-order chi connectivity index (χ1) is 21.1. The Kier molecular flexibility index (Phi) is 14.4. The summed E-state index contributed by atoms with van der Waals surface area (Å²) in [5.74, 6) is -1.83. The molecule has 45 heavy (non-hydrogen) atoms. The first-order valence-electron chi connectivity index (χ1n) is 15.7. The highest BCUT2D eigenvalue weighted by Crippen LogP contribution is 2.26. The molecular formula is C35H51N3O7. The molecule has 10 heteroatoms. The van der Waals surface area contributed by atoms with E-state index in [1.807, 2.05) is 30.3 Å². The van der Waals surface area contributed by atoms with Gasteiger partial charge in [0.25, 0.3) is 0 Å². The van der Waals surface area contributed by atoms with Crippen molar-refractivity contribution in [1.29, 1.82) is 0 Å². The van der Waals surface area contributed by atoms with Crippen LogP contribution in [0.1, 0.15) is 97.7 Å². The second-order valence-corrected chi connectivity index (χ2v) is 13.1. The maximum absolute atomic E-state index is 14.2. The maximum atomic E-state index is 14.2. The van der Waals surface area contributed by atoms with Gasteiger partial charge in [-0.3, -0.25) is 9.59 Å². The summed E-state index contributed by atoms with van der Waals surface area (Å²) < 4.78 is 10.9. The van der Waals surface area contributed by atoms with E-state index in [2.05, 4.69) is 17.6 Å². The van der Waals surface area contributed by atoms with Gasteiger partial charge in [0.15, 0.2) is 0 Å². The number of hydrogen-bond acceptors (Lipinski definition) is 7. The summed E-state index contributed by atoms with van der Waals surface area (Å²) in [6, 6.07) is 13.1. The molecule has 0 spiro atoms. The number of phenolic OH excluding ortho intramolecular Hbond substituents is 1. The van der Waals surface area contributed by atoms with Crippen LogP contribution in [-0.2, 0) is 30.3 Å². The van der Waals surface area contributed by atoms with Gasteiger partial charge in [0, 0.05) is 13.0 Å². The number of unbranched alkanes of at least 4 members (excludes halogenated alkanes) is 4. The van der Waals surface area contributed by atoms with E-state index in [-0.39, 0.29) is 18.7 Å². The number of alkyl carbamates (subject to hydrolysis) is 1. The summed E-state index contributed by atoms with van der Waals surface area (Å²) in [6.45, 7) is 12.3. The molecule has 0 aliphatic heterocycles. The fourth-order valence-corrected chi connectivity index (χ4v) is 4.68. The van der Waals surface area contributed by atoms with Crippen LogP contribution >= 0.6 is 0 Å². The molecule has 0 bridgehead atoms. The molecule has 0 radical (unpaired) electrons. The summed E-state index contributed by atoms with van der Waals surface area (Å²) in [7, 11) is 0. The number of ether oxygens (including phenoxy) is 2. The second kappa shape index (κ2) is 17.4. The lowest BCUT2D eigenvalue weighted by Crippen LogP contribution is -2.52. The number of carbonyl (C=O) groups excluding carboxylic acids is 4. The molecule has 0 aliphatic carbocycles. The van der Waals surface area contributed by atoms with E-state index in [0.29, 0.717) is 12.0 Å². The van der Waals surface area contributed by atoms with Gasteiger partial charge in [-0.1, -0.05) is 75.1 Å². The largest absolute Gasteiger partial charge is 0.508 e. The van der Waals surface area contributed by atoms with Crippen LogP contribution in [0.4, 0.5) is 4.79 Å². The first-order valence-corrected chi connectivity index (χ1v) is 15.7. The Bertz CT molecular complexity index is 1250. The van der Waals surface area contributed by atoms with E-state index in [1.54, 1.807) is 53.7 Å². The maximum Gasteiger partial charge on any atom is 0.408 e. The van der Waals surface area contributed by atoms with E-state index in [4.69, 9.17) is 9.47 Å². The van der Waals surface area contributed by atoms with Crippen LogP contribution in [0.2, 0.25) is 0 Å². The standard InChI is InChI=1S/C35H51N3O7/c1-8-9-10-11-15-21-38(29(40)24-36-33(43)45-35(5,6)7)30(26-19-16-20-27(39)23-26)31(41)37-28(32(42)44-34(2,3)4)22-25-17-13-12-14-18-25/h12-14,16-20,23,28,30,39H,8-11,15,21-22,24H2,1-7H3,(H,36,43)(H,37,41). The predicted molar refractivity (Wildman–Crippen MR) is 173 cm³/mol. The third kappa shape index (κ3) is 14.0. The van der Waals surface area contributed by atoms with Crippen molar-refractivity contribution in [3.05, 3.63) is 65.7 Å². The Morgan fingerprint density at radius 3 is 2.09 bits per heavy atom. The monoisotopic (exact) mass is 625 g/mol. The molecule has 2 unspecified atom stereocenters. The number of esters is 1. The number of rotatable bonds is 15. The van der Waals surface area contributed by atoms with Gasteiger partial charge < -0.3 is 30.1 Å². The number of aromatic hydroxyl groups is 1. The van der Waals surface area contributed by atoms with Crippen molar-refractivity contribution in [2.24, 2.45) is 0 Å². The highest BCUT2D eigenvalue weighted by Gasteiger charge is 2.35. The van der Waals surface area contributed by atoms with Crippen molar-refractivity contribution < 1.29 is 33.8 Å². The van der Waals surface area contributed by atoms with Gasteiger partial charge in [0.1, 0.15) is 35.6 Å². The van der Waals surface area contributed by atoms with Crippen LogP contribution in [0.15, 0.2) is 54.6 Å². The second-order valence-electron chi connectivity index (χ2n) is 13.1. The Morgan fingerprint density at radius 1 is 0.844 bits per heavy atom. The lowest BCUT2D eigenvalue weighted by molar-refractivity contribution is -0.159. The van der Waals surface area contributed by atoms with Crippen LogP contribution in [0.3, 0.4) is 0 Å². The van der Waals surface area contributed by atoms with Crippen molar-refractivity contribution in [2.75, 3.05) is 13.1 Å². The average molecular weight is 626 g/mol. The topological polar surface area (TPSA) is 134 Å². The molecule has 0 saturated heterocycles. The van der Waals surface area contributed by atoms with Crippen molar-refractivity contribution in [2.45, 2.75) is 110 Å². The molecule has 10 nitrogen and oxygen atoms in total. The summed E-state index contributed by atoms with van der Waals surface area (Å²) in [6.07, 6.45) is 3.91. The van der Waals surface area contributed by atoms with Gasteiger partial charge in [-0.15, -0.1) is 0 Å². The molecule has 0 aromatic heterocycles. The lowest BCUT2D eigenvalue weighted by atomic mass is 10.0. The molecule has 2 aromatic carbocycles. The first kappa shape index (κ1) is 37.1. The number of amides is 3. The summed E-state index contributed by atoms with van der Waals surface area (Å²) in [5.41, 5.74) is -0.386. The van der Waals surface area contributed by atoms with Crippen molar-refractivity contribution in [1.82, 2.24) is 15.5 Å². The minimum Gasteiger partial charge on any atom is -0.508 e. The van der Waals surface area contributed by atoms with Crippen molar-refractivity contribution in [3.63, 3.8) is 0 Å².